The summed E-state index contributed by atoms with van der Waals surface area (Å²) in [5.41, 5.74) is 5.68. The van der Waals surface area contributed by atoms with E-state index in [1.54, 1.807) is 6.20 Å². The number of hydrogen-bond acceptors (Lipinski definition) is 4. The van der Waals surface area contributed by atoms with Crippen LogP contribution in [0.4, 0.5) is 11.4 Å². The van der Waals surface area contributed by atoms with Crippen molar-refractivity contribution in [2.24, 2.45) is 0 Å². The predicted molar refractivity (Wildman–Crippen MR) is 107 cm³/mol. The highest BCUT2D eigenvalue weighted by atomic mass is 16.1. The van der Waals surface area contributed by atoms with E-state index in [0.717, 1.165) is 38.3 Å². The molecule has 1 aliphatic rings. The monoisotopic (exact) mass is 352 g/mol. The molecule has 1 aliphatic heterocycles. The van der Waals surface area contributed by atoms with Crippen molar-refractivity contribution in [1.82, 2.24) is 10.3 Å². The number of amides is 1. The summed E-state index contributed by atoms with van der Waals surface area (Å²) in [5, 5.41) is 2.91. The van der Waals surface area contributed by atoms with Crippen LogP contribution in [0.2, 0.25) is 0 Å². The molecule has 0 radical (unpaired) electrons. The Labute approximate surface area is 156 Å². The zero-order valence-electron chi connectivity index (χ0n) is 16.0. The fourth-order valence-electron chi connectivity index (χ4n) is 3.35. The maximum absolute atomic E-state index is 12.2. The van der Waals surface area contributed by atoms with E-state index in [0.29, 0.717) is 12.1 Å². The number of nitrogens with one attached hydrogen (secondary N) is 1. The van der Waals surface area contributed by atoms with Crippen LogP contribution >= 0.6 is 0 Å². The standard InChI is InChI=1S/C21H28N4O/c1-4-8-23-21(26)18-13-19(15-22-14-18)24-9-11-25(12-10-24)20-7-5-6-16(2)17(20)3/h5-7,13-15H,4,8-12H2,1-3H3,(H,23,26). The van der Waals surface area contributed by atoms with E-state index < -0.39 is 0 Å². The van der Waals surface area contributed by atoms with Crippen molar-refractivity contribution in [2.75, 3.05) is 42.5 Å². The van der Waals surface area contributed by atoms with Crippen molar-refractivity contribution in [2.45, 2.75) is 27.2 Å². The lowest BCUT2D eigenvalue weighted by molar-refractivity contribution is 0.0953. The molecular weight excluding hydrogens is 324 g/mol. The number of anilines is 2. The van der Waals surface area contributed by atoms with Gasteiger partial charge in [0.15, 0.2) is 0 Å². The summed E-state index contributed by atoms with van der Waals surface area (Å²) in [6.07, 6.45) is 4.42. The van der Waals surface area contributed by atoms with Crippen LogP contribution in [0.25, 0.3) is 0 Å². The number of carbonyl (C=O) groups excluding carboxylic acids is 1. The third-order valence-corrected chi connectivity index (χ3v) is 5.08. The van der Waals surface area contributed by atoms with Crippen LogP contribution in [-0.2, 0) is 0 Å². The molecule has 0 atom stereocenters. The van der Waals surface area contributed by atoms with Crippen LogP contribution in [0.3, 0.4) is 0 Å². The van der Waals surface area contributed by atoms with Gasteiger partial charge in [-0.2, -0.15) is 0 Å². The minimum Gasteiger partial charge on any atom is -0.368 e. The zero-order chi connectivity index (χ0) is 18.5. The van der Waals surface area contributed by atoms with Gasteiger partial charge in [0.1, 0.15) is 0 Å². The van der Waals surface area contributed by atoms with Crippen LogP contribution in [-0.4, -0.2) is 43.6 Å². The van der Waals surface area contributed by atoms with Gasteiger partial charge in [0.2, 0.25) is 0 Å². The molecule has 2 aromatic rings. The largest absolute Gasteiger partial charge is 0.368 e. The molecule has 1 N–H and O–H groups in total. The SMILES string of the molecule is CCCNC(=O)c1cncc(N2CCN(c3cccc(C)c3C)CC2)c1. The maximum Gasteiger partial charge on any atom is 0.252 e. The Bertz CT molecular complexity index is 766. The lowest BCUT2D eigenvalue weighted by Gasteiger charge is -2.38. The number of benzene rings is 1. The molecule has 0 aliphatic carbocycles. The van der Waals surface area contributed by atoms with E-state index >= 15 is 0 Å². The maximum atomic E-state index is 12.2. The van der Waals surface area contributed by atoms with Gasteiger partial charge in [0.05, 0.1) is 17.4 Å². The van der Waals surface area contributed by atoms with Crippen LogP contribution in [0.5, 0.6) is 0 Å². The van der Waals surface area contributed by atoms with Gasteiger partial charge >= 0.3 is 0 Å². The second-order valence-electron chi connectivity index (χ2n) is 6.88. The van der Waals surface area contributed by atoms with E-state index in [1.807, 2.05) is 19.2 Å². The highest BCUT2D eigenvalue weighted by Gasteiger charge is 2.20. The molecule has 5 nitrogen and oxygen atoms in total. The Morgan fingerprint density at radius 3 is 2.58 bits per heavy atom. The van der Waals surface area contributed by atoms with Gasteiger partial charge in [0.25, 0.3) is 5.91 Å². The molecule has 0 spiro atoms. The summed E-state index contributed by atoms with van der Waals surface area (Å²) < 4.78 is 0. The molecule has 1 fully saturated rings. The molecule has 5 heteroatoms. The Morgan fingerprint density at radius 2 is 1.85 bits per heavy atom. The smallest absolute Gasteiger partial charge is 0.252 e. The van der Waals surface area contributed by atoms with Gasteiger partial charge in [-0.25, -0.2) is 0 Å². The third-order valence-electron chi connectivity index (χ3n) is 5.08. The summed E-state index contributed by atoms with van der Waals surface area (Å²) in [4.78, 5) is 21.2. The number of carbonyl (C=O) groups is 1. The minimum atomic E-state index is -0.0461. The van der Waals surface area contributed by atoms with Gasteiger partial charge in [-0.15, -0.1) is 0 Å². The normalized spacial score (nSPS) is 14.4. The Hall–Kier alpha value is -2.56. The first kappa shape index (κ1) is 18.2. The second kappa shape index (κ2) is 8.21. The first-order valence-electron chi connectivity index (χ1n) is 9.39. The van der Waals surface area contributed by atoms with Crippen molar-refractivity contribution in [3.05, 3.63) is 53.3 Å². The number of rotatable bonds is 5. The molecule has 0 saturated carbocycles. The van der Waals surface area contributed by atoms with E-state index in [-0.39, 0.29) is 5.91 Å². The number of pyridine rings is 1. The van der Waals surface area contributed by atoms with Gasteiger partial charge in [-0.1, -0.05) is 19.1 Å². The molecule has 1 saturated heterocycles. The van der Waals surface area contributed by atoms with Gasteiger partial charge in [0, 0.05) is 44.6 Å². The molecule has 0 unspecified atom stereocenters. The van der Waals surface area contributed by atoms with Gasteiger partial charge < -0.3 is 15.1 Å². The molecule has 138 valence electrons. The number of nitrogens with zero attached hydrogens (tertiary/aromatic N) is 3. The second-order valence-corrected chi connectivity index (χ2v) is 6.88. The number of hydrogen-bond donors (Lipinski definition) is 1. The van der Waals surface area contributed by atoms with Crippen LogP contribution < -0.4 is 15.1 Å². The molecule has 0 bridgehead atoms. The molecular formula is C21H28N4O. The van der Waals surface area contributed by atoms with Crippen molar-refractivity contribution in [1.29, 1.82) is 0 Å². The summed E-state index contributed by atoms with van der Waals surface area (Å²) in [6, 6.07) is 8.45. The number of aryl methyl sites for hydroxylation is 1. The van der Waals surface area contributed by atoms with Crippen molar-refractivity contribution in [3.8, 4) is 0 Å². The Kier molecular flexibility index (Phi) is 5.76. The van der Waals surface area contributed by atoms with Crippen molar-refractivity contribution >= 4 is 17.3 Å². The molecule has 1 aromatic carbocycles. The average molecular weight is 352 g/mol. The Balaban J connectivity index is 1.66. The molecule has 3 rings (SSSR count). The van der Waals surface area contributed by atoms with Crippen LogP contribution in [0, 0.1) is 13.8 Å². The molecule has 26 heavy (non-hydrogen) atoms. The number of piperazine rings is 1. The summed E-state index contributed by atoms with van der Waals surface area (Å²) in [5.74, 6) is -0.0461. The minimum absolute atomic E-state index is 0.0461. The zero-order valence-corrected chi connectivity index (χ0v) is 16.0. The topological polar surface area (TPSA) is 48.5 Å². The first-order chi connectivity index (χ1) is 12.6. The van der Waals surface area contributed by atoms with Crippen molar-refractivity contribution < 1.29 is 4.79 Å². The van der Waals surface area contributed by atoms with E-state index in [4.69, 9.17) is 0 Å². The van der Waals surface area contributed by atoms with E-state index in [1.165, 1.54) is 16.8 Å². The first-order valence-corrected chi connectivity index (χ1v) is 9.39. The summed E-state index contributed by atoms with van der Waals surface area (Å²) >= 11 is 0. The van der Waals surface area contributed by atoms with E-state index in [2.05, 4.69) is 52.1 Å². The van der Waals surface area contributed by atoms with Crippen LogP contribution in [0.15, 0.2) is 36.7 Å². The van der Waals surface area contributed by atoms with E-state index in [9.17, 15) is 4.79 Å². The lowest BCUT2D eigenvalue weighted by atomic mass is 10.1. The highest BCUT2D eigenvalue weighted by molar-refractivity contribution is 5.94. The predicted octanol–water partition coefficient (Wildman–Crippen LogP) is 3.16. The Morgan fingerprint density at radius 1 is 1.12 bits per heavy atom. The third kappa shape index (κ3) is 3.98. The molecule has 2 heterocycles. The molecule has 1 amide bonds. The average Bonchev–Trinajstić information content (AvgIpc) is 2.68. The fourth-order valence-corrected chi connectivity index (χ4v) is 3.35. The lowest BCUT2D eigenvalue weighted by Crippen LogP contribution is -2.46. The number of aromatic nitrogens is 1. The van der Waals surface area contributed by atoms with Gasteiger partial charge in [-0.3, -0.25) is 9.78 Å². The quantitative estimate of drug-likeness (QED) is 0.898. The van der Waals surface area contributed by atoms with Crippen molar-refractivity contribution in [3.63, 3.8) is 0 Å². The molecule has 1 aromatic heterocycles. The fraction of sp³-hybridized carbons (Fsp3) is 0.429. The highest BCUT2D eigenvalue weighted by Crippen LogP contribution is 2.25. The summed E-state index contributed by atoms with van der Waals surface area (Å²) in [6.45, 7) is 10.9. The summed E-state index contributed by atoms with van der Waals surface area (Å²) in [7, 11) is 0. The van der Waals surface area contributed by atoms with Crippen LogP contribution in [0.1, 0.15) is 34.8 Å². The van der Waals surface area contributed by atoms with Gasteiger partial charge in [-0.05, 0) is 43.5 Å².